The van der Waals surface area contributed by atoms with E-state index in [9.17, 15) is 14.3 Å². The van der Waals surface area contributed by atoms with Crippen molar-refractivity contribution in [3.63, 3.8) is 0 Å². The fourth-order valence-electron chi connectivity index (χ4n) is 4.74. The minimum Gasteiger partial charge on any atom is -0.479 e. The number of carboxylic acid groups (broad SMARTS) is 1. The second-order valence-electron chi connectivity index (χ2n) is 8.79. The van der Waals surface area contributed by atoms with Crippen LogP contribution in [0.25, 0.3) is 34.0 Å². The summed E-state index contributed by atoms with van der Waals surface area (Å²) < 4.78 is 19.6. The van der Waals surface area contributed by atoms with Crippen LogP contribution in [-0.4, -0.2) is 50.1 Å². The van der Waals surface area contributed by atoms with Crippen LogP contribution in [0.5, 0.6) is 0 Å². The maximum absolute atomic E-state index is 13.5. The Morgan fingerprint density at radius 1 is 1.21 bits per heavy atom. The zero-order valence-electron chi connectivity index (χ0n) is 18.2. The molecule has 0 radical (unpaired) electrons. The number of thioether (sulfide) groups is 1. The minimum absolute atomic E-state index is 0.104. The molecular formula is C26H22FN3O3S. The summed E-state index contributed by atoms with van der Waals surface area (Å²) in [6.07, 6.45) is 5.12. The molecule has 172 valence electrons. The Hall–Kier alpha value is -3.36. The SMILES string of the molecule is O=C(O)C1(Cc2cc3ccc(F)cc3[nH]2)CSC(COC2C=c3[nH]c4ccccc4c3=CC2)=N1. The maximum Gasteiger partial charge on any atom is 0.332 e. The summed E-state index contributed by atoms with van der Waals surface area (Å²) in [5.41, 5.74) is 1.20. The van der Waals surface area contributed by atoms with Gasteiger partial charge >= 0.3 is 5.97 Å². The fraction of sp³-hybridized carbons (Fsp3) is 0.231. The van der Waals surface area contributed by atoms with Crippen LogP contribution in [0.4, 0.5) is 4.39 Å². The smallest absolute Gasteiger partial charge is 0.332 e. The molecule has 0 fully saturated rings. The van der Waals surface area contributed by atoms with Crippen LogP contribution in [-0.2, 0) is 16.0 Å². The molecule has 34 heavy (non-hydrogen) atoms. The number of nitrogens with one attached hydrogen (secondary N) is 2. The number of hydrogen-bond acceptors (Lipinski definition) is 4. The van der Waals surface area contributed by atoms with E-state index in [1.54, 1.807) is 6.07 Å². The molecule has 0 saturated carbocycles. The molecule has 0 bridgehead atoms. The normalized spacial score (nSPS) is 21.8. The van der Waals surface area contributed by atoms with E-state index in [0.717, 1.165) is 28.4 Å². The Labute approximate surface area is 198 Å². The molecule has 2 aromatic heterocycles. The van der Waals surface area contributed by atoms with E-state index in [1.165, 1.54) is 34.5 Å². The van der Waals surface area contributed by atoms with Gasteiger partial charge < -0.3 is 19.8 Å². The average molecular weight is 476 g/mol. The van der Waals surface area contributed by atoms with E-state index in [2.05, 4.69) is 39.2 Å². The predicted molar refractivity (Wildman–Crippen MR) is 133 cm³/mol. The molecule has 0 saturated heterocycles. The highest BCUT2D eigenvalue weighted by Crippen LogP contribution is 2.33. The lowest BCUT2D eigenvalue weighted by atomic mass is 9.96. The number of fused-ring (bicyclic) bond motifs is 4. The third-order valence-electron chi connectivity index (χ3n) is 6.44. The lowest BCUT2D eigenvalue weighted by Crippen LogP contribution is -2.39. The molecule has 4 aromatic rings. The highest BCUT2D eigenvalue weighted by molar-refractivity contribution is 8.14. The number of benzene rings is 2. The quantitative estimate of drug-likeness (QED) is 0.399. The number of aromatic amines is 2. The first-order valence-electron chi connectivity index (χ1n) is 11.1. The van der Waals surface area contributed by atoms with Crippen molar-refractivity contribution in [3.05, 3.63) is 70.6 Å². The summed E-state index contributed by atoms with van der Waals surface area (Å²) in [6, 6.07) is 14.6. The van der Waals surface area contributed by atoms with Crippen molar-refractivity contribution in [2.75, 3.05) is 12.4 Å². The van der Waals surface area contributed by atoms with Crippen molar-refractivity contribution in [2.24, 2.45) is 4.99 Å². The van der Waals surface area contributed by atoms with Crippen molar-refractivity contribution in [1.29, 1.82) is 0 Å². The van der Waals surface area contributed by atoms with Crippen molar-refractivity contribution < 1.29 is 19.0 Å². The summed E-state index contributed by atoms with van der Waals surface area (Å²) in [4.78, 5) is 23.4. The van der Waals surface area contributed by atoms with Gasteiger partial charge in [-0.1, -0.05) is 24.3 Å². The van der Waals surface area contributed by atoms with E-state index in [-0.39, 0.29) is 24.9 Å². The number of carboxylic acids is 1. The second kappa shape index (κ2) is 8.14. The topological polar surface area (TPSA) is 90.5 Å². The molecule has 3 heterocycles. The molecule has 2 unspecified atom stereocenters. The highest BCUT2D eigenvalue weighted by Gasteiger charge is 2.43. The molecule has 6 rings (SSSR count). The van der Waals surface area contributed by atoms with Crippen LogP contribution in [0.15, 0.2) is 53.5 Å². The van der Waals surface area contributed by atoms with E-state index >= 15 is 0 Å². The van der Waals surface area contributed by atoms with Crippen molar-refractivity contribution in [2.45, 2.75) is 24.5 Å². The predicted octanol–water partition coefficient (Wildman–Crippen LogP) is 3.35. The van der Waals surface area contributed by atoms with E-state index in [4.69, 9.17) is 4.74 Å². The van der Waals surface area contributed by atoms with Crippen molar-refractivity contribution in [3.8, 4) is 0 Å². The first kappa shape index (κ1) is 21.2. The summed E-state index contributed by atoms with van der Waals surface area (Å²) in [5, 5.41) is 15.0. The number of ether oxygens (including phenoxy) is 1. The number of H-pyrrole nitrogens is 2. The van der Waals surface area contributed by atoms with Crippen LogP contribution in [0.1, 0.15) is 12.1 Å². The number of nitrogens with zero attached hydrogens (tertiary/aromatic N) is 1. The van der Waals surface area contributed by atoms with Gasteiger partial charge in [-0.05, 0) is 48.2 Å². The van der Waals surface area contributed by atoms with Crippen LogP contribution >= 0.6 is 11.8 Å². The second-order valence-corrected chi connectivity index (χ2v) is 9.84. The Morgan fingerprint density at radius 2 is 2.09 bits per heavy atom. The molecule has 0 amide bonds. The fourth-order valence-corrected chi connectivity index (χ4v) is 5.83. The van der Waals surface area contributed by atoms with Gasteiger partial charge in [0.2, 0.25) is 0 Å². The number of para-hydroxylation sites is 1. The van der Waals surface area contributed by atoms with Gasteiger partial charge in [-0.3, -0.25) is 4.99 Å². The van der Waals surface area contributed by atoms with Crippen LogP contribution in [0.2, 0.25) is 0 Å². The first-order valence-corrected chi connectivity index (χ1v) is 12.1. The minimum atomic E-state index is -1.27. The van der Waals surface area contributed by atoms with Gasteiger partial charge in [0, 0.05) is 44.9 Å². The number of aliphatic imine (C=N–C) groups is 1. The molecule has 6 nitrogen and oxygen atoms in total. The summed E-state index contributed by atoms with van der Waals surface area (Å²) in [6.45, 7) is 0.266. The Kier molecular flexibility index (Phi) is 5.08. The van der Waals surface area contributed by atoms with Gasteiger partial charge in [0.15, 0.2) is 5.54 Å². The zero-order valence-corrected chi connectivity index (χ0v) is 19.0. The molecule has 0 spiro atoms. The van der Waals surface area contributed by atoms with Gasteiger partial charge in [0.05, 0.1) is 17.8 Å². The number of carbonyl (C=O) groups is 1. The number of hydrogen-bond donors (Lipinski definition) is 3. The van der Waals surface area contributed by atoms with Gasteiger partial charge in [-0.2, -0.15) is 0 Å². The van der Waals surface area contributed by atoms with Crippen LogP contribution in [0, 0.1) is 5.82 Å². The lowest BCUT2D eigenvalue weighted by molar-refractivity contribution is -0.142. The third kappa shape index (κ3) is 3.73. The Balaban J connectivity index is 1.19. The molecule has 2 aliphatic rings. The standard InChI is InChI=1S/C26H22FN3O3S/c27-16-6-5-15-9-17(28-22(15)10-16)12-26(25(31)32)14-34-24(30-26)13-33-18-7-8-20-19-3-1-2-4-21(19)29-23(20)11-18/h1-6,8-11,18,28-29H,7,12-14H2,(H,31,32). The summed E-state index contributed by atoms with van der Waals surface area (Å²) in [7, 11) is 0. The van der Waals surface area contributed by atoms with Crippen molar-refractivity contribution in [1.82, 2.24) is 9.97 Å². The summed E-state index contributed by atoms with van der Waals surface area (Å²) >= 11 is 1.42. The van der Waals surface area contributed by atoms with Crippen LogP contribution < -0.4 is 10.6 Å². The molecule has 2 aromatic carbocycles. The van der Waals surface area contributed by atoms with Crippen LogP contribution in [0.3, 0.4) is 0 Å². The van der Waals surface area contributed by atoms with Gasteiger partial charge in [0.1, 0.15) is 5.82 Å². The Bertz CT molecular complexity index is 1590. The van der Waals surface area contributed by atoms with Crippen molar-refractivity contribution >= 4 is 56.7 Å². The molecule has 1 aliphatic carbocycles. The number of aromatic nitrogens is 2. The molecule has 1 aliphatic heterocycles. The highest BCUT2D eigenvalue weighted by atomic mass is 32.2. The number of rotatable bonds is 6. The summed E-state index contributed by atoms with van der Waals surface area (Å²) in [5.74, 6) is -0.976. The zero-order chi connectivity index (χ0) is 23.3. The van der Waals surface area contributed by atoms with Gasteiger partial charge in [-0.15, -0.1) is 11.8 Å². The van der Waals surface area contributed by atoms with Gasteiger partial charge in [-0.25, -0.2) is 9.18 Å². The van der Waals surface area contributed by atoms with E-state index < -0.39 is 11.5 Å². The van der Waals surface area contributed by atoms with E-state index in [0.29, 0.717) is 16.3 Å². The first-order chi connectivity index (χ1) is 16.5. The maximum atomic E-state index is 13.5. The third-order valence-corrected chi connectivity index (χ3v) is 7.61. The largest absolute Gasteiger partial charge is 0.479 e. The monoisotopic (exact) mass is 475 g/mol. The van der Waals surface area contributed by atoms with Gasteiger partial charge in [0.25, 0.3) is 0 Å². The number of aliphatic carboxylic acids is 1. The molecule has 8 heteroatoms. The average Bonchev–Trinajstić information content (AvgIpc) is 3.52. The number of halogens is 1. The lowest BCUT2D eigenvalue weighted by Gasteiger charge is -2.19. The molecular weight excluding hydrogens is 453 g/mol. The Morgan fingerprint density at radius 3 is 2.97 bits per heavy atom. The molecule has 3 N–H and O–H groups in total. The van der Waals surface area contributed by atoms with E-state index in [1.807, 2.05) is 18.2 Å². The molecule has 2 atom stereocenters.